The fourth-order valence-electron chi connectivity index (χ4n) is 2.00. The number of ether oxygens (including phenoxy) is 1. The number of carbonyl (C=O) groups excluding carboxylic acids is 1. The van der Waals surface area contributed by atoms with Gasteiger partial charge < -0.3 is 4.74 Å². The molecule has 2 aromatic rings. The molecule has 1 aromatic carbocycles. The summed E-state index contributed by atoms with van der Waals surface area (Å²) in [6.07, 6.45) is -4.61. The number of alkyl halides is 3. The van der Waals surface area contributed by atoms with Crippen LogP contribution in [0.1, 0.15) is 38.4 Å². The SMILES string of the molecule is CCOC(=O)c1sc(Cc2cc(F)cc(C(F)(F)F)c2)nc1C. The van der Waals surface area contributed by atoms with E-state index in [4.69, 9.17) is 4.74 Å². The average molecular weight is 347 g/mol. The van der Waals surface area contributed by atoms with Gasteiger partial charge in [0, 0.05) is 6.42 Å². The van der Waals surface area contributed by atoms with Gasteiger partial charge in [-0.3, -0.25) is 0 Å². The average Bonchev–Trinajstić information content (AvgIpc) is 2.78. The zero-order valence-corrected chi connectivity index (χ0v) is 13.1. The maximum Gasteiger partial charge on any atom is 0.416 e. The monoisotopic (exact) mass is 347 g/mol. The van der Waals surface area contributed by atoms with E-state index < -0.39 is 23.5 Å². The molecule has 3 nitrogen and oxygen atoms in total. The molecule has 0 amide bonds. The van der Waals surface area contributed by atoms with E-state index in [0.717, 1.165) is 23.5 Å². The molecule has 8 heteroatoms. The lowest BCUT2D eigenvalue weighted by Gasteiger charge is -2.08. The minimum absolute atomic E-state index is 0.00571. The Balaban J connectivity index is 2.28. The minimum Gasteiger partial charge on any atom is -0.462 e. The van der Waals surface area contributed by atoms with Crippen molar-refractivity contribution >= 4 is 17.3 Å². The smallest absolute Gasteiger partial charge is 0.416 e. The number of hydrogen-bond donors (Lipinski definition) is 0. The van der Waals surface area contributed by atoms with E-state index in [1.54, 1.807) is 13.8 Å². The normalized spacial score (nSPS) is 11.6. The molecule has 0 atom stereocenters. The summed E-state index contributed by atoms with van der Waals surface area (Å²) < 4.78 is 56.4. The van der Waals surface area contributed by atoms with Crippen molar-refractivity contribution in [1.82, 2.24) is 4.98 Å². The Morgan fingerprint density at radius 1 is 1.30 bits per heavy atom. The van der Waals surface area contributed by atoms with E-state index in [2.05, 4.69) is 4.98 Å². The van der Waals surface area contributed by atoms with Gasteiger partial charge in [-0.15, -0.1) is 11.3 Å². The van der Waals surface area contributed by atoms with E-state index >= 15 is 0 Å². The molecule has 0 aliphatic carbocycles. The molecular formula is C15H13F4NO2S. The van der Waals surface area contributed by atoms with Crippen molar-refractivity contribution < 1.29 is 27.1 Å². The lowest BCUT2D eigenvalue weighted by Crippen LogP contribution is -2.06. The number of benzene rings is 1. The molecule has 0 bridgehead atoms. The van der Waals surface area contributed by atoms with Crippen molar-refractivity contribution in [3.63, 3.8) is 0 Å². The third-order valence-corrected chi connectivity index (χ3v) is 4.08. The number of hydrogen-bond acceptors (Lipinski definition) is 4. The maximum atomic E-state index is 13.4. The molecule has 0 fully saturated rings. The zero-order valence-electron chi connectivity index (χ0n) is 12.3. The number of thiazole rings is 1. The highest BCUT2D eigenvalue weighted by atomic mass is 32.1. The number of nitrogens with zero attached hydrogens (tertiary/aromatic N) is 1. The summed E-state index contributed by atoms with van der Waals surface area (Å²) in [5.74, 6) is -1.49. The fraction of sp³-hybridized carbons (Fsp3) is 0.333. The number of carbonyl (C=O) groups is 1. The van der Waals surface area contributed by atoms with Gasteiger partial charge >= 0.3 is 12.1 Å². The van der Waals surface area contributed by atoms with Crippen LogP contribution >= 0.6 is 11.3 Å². The Hall–Kier alpha value is -1.96. The summed E-state index contributed by atoms with van der Waals surface area (Å²) in [7, 11) is 0. The summed E-state index contributed by atoms with van der Waals surface area (Å²) in [6.45, 7) is 3.49. The van der Waals surface area contributed by atoms with Gasteiger partial charge in [0.15, 0.2) is 0 Å². The molecule has 1 aromatic heterocycles. The molecule has 1 heterocycles. The topological polar surface area (TPSA) is 39.2 Å². The molecule has 0 radical (unpaired) electrons. The highest BCUT2D eigenvalue weighted by Gasteiger charge is 2.31. The minimum atomic E-state index is -4.62. The van der Waals surface area contributed by atoms with Crippen LogP contribution in [0.25, 0.3) is 0 Å². The van der Waals surface area contributed by atoms with Crippen molar-refractivity contribution in [1.29, 1.82) is 0 Å². The second-order valence-corrected chi connectivity index (χ2v) is 5.85. The highest BCUT2D eigenvalue weighted by molar-refractivity contribution is 7.13. The molecule has 23 heavy (non-hydrogen) atoms. The van der Waals surface area contributed by atoms with Crippen molar-refractivity contribution in [3.8, 4) is 0 Å². The van der Waals surface area contributed by atoms with Crippen molar-refractivity contribution in [2.75, 3.05) is 6.61 Å². The molecule has 0 aliphatic heterocycles. The van der Waals surface area contributed by atoms with Gasteiger partial charge in [0.25, 0.3) is 0 Å². The van der Waals surface area contributed by atoms with E-state index in [9.17, 15) is 22.4 Å². The zero-order chi connectivity index (χ0) is 17.2. The van der Waals surface area contributed by atoms with Gasteiger partial charge in [0.2, 0.25) is 0 Å². The Kier molecular flexibility index (Phi) is 5.03. The second kappa shape index (κ2) is 6.66. The summed E-state index contributed by atoms with van der Waals surface area (Å²) >= 11 is 1.03. The molecule has 0 aliphatic rings. The Labute approximate surface area is 133 Å². The summed E-state index contributed by atoms with van der Waals surface area (Å²) in [6, 6.07) is 2.35. The molecule has 0 spiro atoms. The summed E-state index contributed by atoms with van der Waals surface area (Å²) in [5, 5.41) is 0.421. The number of esters is 1. The first-order valence-electron chi connectivity index (χ1n) is 6.70. The first-order valence-corrected chi connectivity index (χ1v) is 7.52. The number of aromatic nitrogens is 1. The number of halogens is 4. The van der Waals surface area contributed by atoms with Crippen LogP contribution in [-0.2, 0) is 17.3 Å². The van der Waals surface area contributed by atoms with E-state index in [1.807, 2.05) is 0 Å². The standard InChI is InChI=1S/C15H13F4NO2S/c1-3-22-14(21)13-8(2)20-12(23-13)6-9-4-10(15(17,18)19)7-11(16)5-9/h4-5,7H,3,6H2,1-2H3. The first kappa shape index (κ1) is 17.4. The lowest BCUT2D eigenvalue weighted by molar-refractivity contribution is -0.137. The molecule has 0 saturated carbocycles. The molecule has 124 valence electrons. The van der Waals surface area contributed by atoms with Crippen LogP contribution < -0.4 is 0 Å². The lowest BCUT2D eigenvalue weighted by atomic mass is 10.1. The Bertz CT molecular complexity index is 725. The van der Waals surface area contributed by atoms with Crippen molar-refractivity contribution in [3.05, 3.63) is 50.7 Å². The van der Waals surface area contributed by atoms with Gasteiger partial charge in [0.1, 0.15) is 10.7 Å². The Morgan fingerprint density at radius 3 is 2.61 bits per heavy atom. The summed E-state index contributed by atoms with van der Waals surface area (Å²) in [5.41, 5.74) is -0.469. The second-order valence-electron chi connectivity index (χ2n) is 4.77. The molecular weight excluding hydrogens is 334 g/mol. The van der Waals surface area contributed by atoms with Crippen LogP contribution in [0.3, 0.4) is 0 Å². The predicted molar refractivity (Wildman–Crippen MR) is 77.0 cm³/mol. The van der Waals surface area contributed by atoms with Gasteiger partial charge in [0.05, 0.1) is 22.9 Å². The molecule has 2 rings (SSSR count). The fourth-order valence-corrected chi connectivity index (χ4v) is 3.00. The molecule has 0 N–H and O–H groups in total. The third kappa shape index (κ3) is 4.28. The van der Waals surface area contributed by atoms with Gasteiger partial charge in [-0.25, -0.2) is 14.2 Å². The Morgan fingerprint density at radius 2 is 2.00 bits per heavy atom. The highest BCUT2D eigenvalue weighted by Crippen LogP contribution is 2.31. The van der Waals surface area contributed by atoms with Gasteiger partial charge in [-0.1, -0.05) is 0 Å². The van der Waals surface area contributed by atoms with E-state index in [0.29, 0.717) is 21.6 Å². The molecule has 0 unspecified atom stereocenters. The third-order valence-electron chi connectivity index (χ3n) is 2.94. The van der Waals surface area contributed by atoms with Crippen LogP contribution in [0.2, 0.25) is 0 Å². The van der Waals surface area contributed by atoms with Crippen LogP contribution in [0.4, 0.5) is 17.6 Å². The predicted octanol–water partition coefficient (Wildman–Crippen LogP) is 4.38. The van der Waals surface area contributed by atoms with E-state index in [-0.39, 0.29) is 18.6 Å². The van der Waals surface area contributed by atoms with Crippen molar-refractivity contribution in [2.24, 2.45) is 0 Å². The summed E-state index contributed by atoms with van der Waals surface area (Å²) in [4.78, 5) is 16.2. The van der Waals surface area contributed by atoms with Crippen LogP contribution in [0.5, 0.6) is 0 Å². The number of aryl methyl sites for hydroxylation is 1. The van der Waals surface area contributed by atoms with Crippen LogP contribution in [-0.4, -0.2) is 17.6 Å². The first-order chi connectivity index (χ1) is 10.7. The van der Waals surface area contributed by atoms with Gasteiger partial charge in [-0.2, -0.15) is 13.2 Å². The maximum absolute atomic E-state index is 13.4. The van der Waals surface area contributed by atoms with Crippen LogP contribution in [0.15, 0.2) is 18.2 Å². The number of rotatable bonds is 4. The molecule has 0 saturated heterocycles. The quantitative estimate of drug-likeness (QED) is 0.609. The van der Waals surface area contributed by atoms with Crippen LogP contribution in [0, 0.1) is 12.7 Å². The van der Waals surface area contributed by atoms with Gasteiger partial charge in [-0.05, 0) is 37.6 Å². The van der Waals surface area contributed by atoms with Crippen molar-refractivity contribution in [2.45, 2.75) is 26.4 Å². The largest absolute Gasteiger partial charge is 0.462 e. The van der Waals surface area contributed by atoms with E-state index in [1.165, 1.54) is 0 Å².